The first-order valence-electron chi connectivity index (χ1n) is 6.20. The van der Waals surface area contributed by atoms with E-state index in [1.807, 2.05) is 0 Å². The van der Waals surface area contributed by atoms with Gasteiger partial charge >= 0.3 is 5.69 Å². The molecule has 1 aliphatic heterocycles. The summed E-state index contributed by atoms with van der Waals surface area (Å²) >= 11 is 0. The van der Waals surface area contributed by atoms with Gasteiger partial charge < -0.3 is 15.7 Å². The van der Waals surface area contributed by atoms with E-state index in [0.717, 1.165) is 0 Å². The third kappa shape index (κ3) is 2.25. The van der Waals surface area contributed by atoms with Crippen LogP contribution in [0, 0.1) is 10.1 Å². The van der Waals surface area contributed by atoms with Gasteiger partial charge in [0.25, 0.3) is 5.91 Å². The van der Waals surface area contributed by atoms with Crippen molar-refractivity contribution in [3.05, 3.63) is 63.7 Å². The molecule has 0 saturated heterocycles. The average molecular weight is 285 g/mol. The third-order valence-electron chi connectivity index (χ3n) is 3.28. The fourth-order valence-corrected chi connectivity index (χ4v) is 2.24. The number of nitrogens with one attached hydrogen (secondary N) is 2. The summed E-state index contributed by atoms with van der Waals surface area (Å²) in [6, 6.07) is 11.0. The molecule has 0 bridgehead atoms. The number of amides is 1. The summed E-state index contributed by atoms with van der Waals surface area (Å²) in [5.41, 5.74) is 1.26. The van der Waals surface area contributed by atoms with Gasteiger partial charge in [-0.25, -0.2) is 0 Å². The molecule has 1 atom stereocenters. The van der Waals surface area contributed by atoms with Gasteiger partial charge in [0, 0.05) is 17.3 Å². The molecule has 1 unspecified atom stereocenters. The summed E-state index contributed by atoms with van der Waals surface area (Å²) in [5.74, 6) is -0.670. The maximum Gasteiger partial charge on any atom is 0.311 e. The average Bonchev–Trinajstić information content (AvgIpc) is 2.47. The van der Waals surface area contributed by atoms with Gasteiger partial charge in [0.2, 0.25) is 0 Å². The largest absolute Gasteiger partial charge is 0.502 e. The van der Waals surface area contributed by atoms with E-state index in [1.54, 1.807) is 24.3 Å². The van der Waals surface area contributed by atoms with Crippen molar-refractivity contribution >= 4 is 17.3 Å². The highest BCUT2D eigenvalue weighted by atomic mass is 16.6. The Bertz CT molecular complexity index is 745. The number of phenols is 1. The maximum atomic E-state index is 12.0. The molecule has 0 spiro atoms. The van der Waals surface area contributed by atoms with E-state index in [0.29, 0.717) is 16.8 Å². The molecule has 0 aliphatic carbocycles. The SMILES string of the molecule is O=C1NC(c2ccc(O)c([N+](=O)[O-])c2)Nc2ccccc21. The molecular formula is C14H11N3O4. The summed E-state index contributed by atoms with van der Waals surface area (Å²) in [4.78, 5) is 22.2. The minimum absolute atomic E-state index is 0.259. The molecule has 0 saturated carbocycles. The molecule has 0 radical (unpaired) electrons. The fraction of sp³-hybridized carbons (Fsp3) is 0.0714. The number of carbonyl (C=O) groups is 1. The van der Waals surface area contributed by atoms with Crippen LogP contribution in [0.2, 0.25) is 0 Å². The Morgan fingerprint density at radius 2 is 1.90 bits per heavy atom. The number of aromatic hydroxyl groups is 1. The van der Waals surface area contributed by atoms with Gasteiger partial charge in [0.1, 0.15) is 6.17 Å². The molecule has 7 nitrogen and oxygen atoms in total. The van der Waals surface area contributed by atoms with E-state index in [1.165, 1.54) is 18.2 Å². The number of nitrogens with zero attached hydrogens (tertiary/aromatic N) is 1. The summed E-state index contributed by atoms with van der Waals surface area (Å²) in [5, 5.41) is 26.1. The van der Waals surface area contributed by atoms with E-state index < -0.39 is 22.5 Å². The van der Waals surface area contributed by atoms with Gasteiger partial charge in [0.05, 0.1) is 10.5 Å². The molecule has 21 heavy (non-hydrogen) atoms. The minimum atomic E-state index is -0.669. The normalized spacial score (nSPS) is 16.6. The predicted molar refractivity (Wildman–Crippen MR) is 75.0 cm³/mol. The van der Waals surface area contributed by atoms with Crippen LogP contribution >= 0.6 is 0 Å². The van der Waals surface area contributed by atoms with E-state index in [2.05, 4.69) is 10.6 Å². The molecule has 1 heterocycles. The molecule has 2 aromatic carbocycles. The number of nitro benzene ring substituents is 1. The van der Waals surface area contributed by atoms with Gasteiger partial charge in [-0.15, -0.1) is 0 Å². The van der Waals surface area contributed by atoms with Crippen LogP contribution in [0.25, 0.3) is 0 Å². The monoisotopic (exact) mass is 285 g/mol. The van der Waals surface area contributed by atoms with Crippen molar-refractivity contribution in [2.45, 2.75) is 6.17 Å². The number of nitro groups is 1. The number of para-hydroxylation sites is 1. The Morgan fingerprint density at radius 1 is 1.14 bits per heavy atom. The Morgan fingerprint density at radius 3 is 2.67 bits per heavy atom. The summed E-state index contributed by atoms with van der Waals surface area (Å²) in [6.45, 7) is 0. The van der Waals surface area contributed by atoms with Crippen molar-refractivity contribution in [3.63, 3.8) is 0 Å². The second-order valence-corrected chi connectivity index (χ2v) is 4.60. The molecule has 0 aromatic heterocycles. The summed E-state index contributed by atoms with van der Waals surface area (Å²) < 4.78 is 0. The zero-order valence-electron chi connectivity index (χ0n) is 10.7. The van der Waals surface area contributed by atoms with E-state index >= 15 is 0 Å². The van der Waals surface area contributed by atoms with Gasteiger partial charge in [-0.1, -0.05) is 18.2 Å². The molecular weight excluding hydrogens is 274 g/mol. The lowest BCUT2D eigenvalue weighted by Crippen LogP contribution is -2.38. The Hall–Kier alpha value is -3.09. The van der Waals surface area contributed by atoms with Crippen LogP contribution < -0.4 is 10.6 Å². The number of fused-ring (bicyclic) bond motifs is 1. The van der Waals surface area contributed by atoms with E-state index in [-0.39, 0.29) is 5.91 Å². The molecule has 2 aromatic rings. The summed E-state index contributed by atoms with van der Waals surface area (Å²) in [6.07, 6.45) is -0.591. The first kappa shape index (κ1) is 12.9. The van der Waals surface area contributed by atoms with Crippen molar-refractivity contribution in [3.8, 4) is 5.75 Å². The van der Waals surface area contributed by atoms with E-state index in [4.69, 9.17) is 0 Å². The van der Waals surface area contributed by atoms with Gasteiger partial charge in [-0.2, -0.15) is 0 Å². The number of benzene rings is 2. The highest BCUT2D eigenvalue weighted by Crippen LogP contribution is 2.31. The molecule has 106 valence electrons. The minimum Gasteiger partial charge on any atom is -0.502 e. The van der Waals surface area contributed by atoms with Gasteiger partial charge in [-0.3, -0.25) is 14.9 Å². The molecule has 1 aliphatic rings. The highest BCUT2D eigenvalue weighted by molar-refractivity contribution is 6.01. The lowest BCUT2D eigenvalue weighted by Gasteiger charge is -2.28. The first-order valence-corrected chi connectivity index (χ1v) is 6.20. The Balaban J connectivity index is 1.98. The van der Waals surface area contributed by atoms with Crippen molar-refractivity contribution in [1.29, 1.82) is 0 Å². The topological polar surface area (TPSA) is 104 Å². The quantitative estimate of drug-likeness (QED) is 0.579. The van der Waals surface area contributed by atoms with Crippen LogP contribution in [0.5, 0.6) is 5.75 Å². The molecule has 1 amide bonds. The Labute approximate surface area is 119 Å². The third-order valence-corrected chi connectivity index (χ3v) is 3.28. The highest BCUT2D eigenvalue weighted by Gasteiger charge is 2.26. The number of phenolic OH excluding ortho intramolecular Hbond substituents is 1. The number of rotatable bonds is 2. The van der Waals surface area contributed by atoms with Crippen molar-refractivity contribution in [1.82, 2.24) is 5.32 Å². The second-order valence-electron chi connectivity index (χ2n) is 4.60. The van der Waals surface area contributed by atoms with Crippen molar-refractivity contribution in [2.24, 2.45) is 0 Å². The van der Waals surface area contributed by atoms with Crippen molar-refractivity contribution in [2.75, 3.05) is 5.32 Å². The lowest BCUT2D eigenvalue weighted by molar-refractivity contribution is -0.385. The number of hydrogen-bond donors (Lipinski definition) is 3. The van der Waals surface area contributed by atoms with Crippen molar-refractivity contribution < 1.29 is 14.8 Å². The second kappa shape index (κ2) is 4.78. The fourth-order valence-electron chi connectivity index (χ4n) is 2.24. The van der Waals surface area contributed by atoms with Crippen LogP contribution in [-0.4, -0.2) is 15.9 Å². The van der Waals surface area contributed by atoms with Crippen LogP contribution in [0.15, 0.2) is 42.5 Å². The predicted octanol–water partition coefficient (Wildman–Crippen LogP) is 2.15. The Kier molecular flexibility index (Phi) is 2.94. The molecule has 3 rings (SSSR count). The number of anilines is 1. The molecule has 0 fully saturated rings. The number of hydrogen-bond acceptors (Lipinski definition) is 5. The van der Waals surface area contributed by atoms with Crippen LogP contribution in [0.4, 0.5) is 11.4 Å². The van der Waals surface area contributed by atoms with Gasteiger partial charge in [-0.05, 0) is 18.2 Å². The van der Waals surface area contributed by atoms with Crippen LogP contribution in [-0.2, 0) is 0 Å². The maximum absolute atomic E-state index is 12.0. The van der Waals surface area contributed by atoms with E-state index in [9.17, 15) is 20.0 Å². The molecule has 3 N–H and O–H groups in total. The zero-order valence-corrected chi connectivity index (χ0v) is 10.7. The van der Waals surface area contributed by atoms with Gasteiger partial charge in [0.15, 0.2) is 5.75 Å². The van der Waals surface area contributed by atoms with Crippen LogP contribution in [0.1, 0.15) is 22.1 Å². The smallest absolute Gasteiger partial charge is 0.311 e. The van der Waals surface area contributed by atoms with Crippen LogP contribution in [0.3, 0.4) is 0 Å². The first-order chi connectivity index (χ1) is 10.1. The number of carbonyl (C=O) groups excluding carboxylic acids is 1. The molecule has 7 heteroatoms. The summed E-state index contributed by atoms with van der Waals surface area (Å²) in [7, 11) is 0. The zero-order chi connectivity index (χ0) is 15.0. The lowest BCUT2D eigenvalue weighted by atomic mass is 10.1. The standard InChI is InChI=1S/C14H11N3O4/c18-12-6-5-8(7-11(12)17(20)21)13-15-10-4-2-1-3-9(10)14(19)16-13/h1-7,13,15,18H,(H,16,19).